The molecule has 0 aliphatic rings. The first-order chi connectivity index (χ1) is 23.1. The molecule has 0 aromatic heterocycles. The van der Waals surface area contributed by atoms with Crippen LogP contribution in [0.2, 0.25) is 15.1 Å². The Bertz CT molecular complexity index is 1880. The number of hydrogen-bond donors (Lipinski definition) is 1. The molecule has 0 spiro atoms. The predicted molar refractivity (Wildman–Crippen MR) is 186 cm³/mol. The monoisotopic (exact) mass is 753 g/mol. The van der Waals surface area contributed by atoms with E-state index >= 15 is 0 Å². The van der Waals surface area contributed by atoms with Crippen LogP contribution in [-0.4, -0.2) is 44.3 Å². The van der Waals surface area contributed by atoms with E-state index in [1.807, 2.05) is 13.8 Å². The number of anilines is 1. The quantitative estimate of drug-likeness (QED) is 0.149. The first-order valence-corrected chi connectivity index (χ1v) is 17.6. The second kappa shape index (κ2) is 16.3. The molecule has 0 radical (unpaired) electrons. The first-order valence-electron chi connectivity index (χ1n) is 15.1. The first kappa shape index (κ1) is 38.0. The molecule has 1 atom stereocenters. The van der Waals surface area contributed by atoms with Gasteiger partial charge in [0.05, 0.1) is 31.2 Å². The molecule has 260 valence electrons. The van der Waals surface area contributed by atoms with Crippen LogP contribution in [0.5, 0.6) is 0 Å². The highest BCUT2D eigenvalue weighted by molar-refractivity contribution is 7.92. The van der Waals surface area contributed by atoms with Crippen molar-refractivity contribution in [2.75, 3.05) is 17.4 Å². The molecule has 0 aliphatic heterocycles. The van der Waals surface area contributed by atoms with E-state index < -0.39 is 51.9 Å². The van der Waals surface area contributed by atoms with E-state index in [9.17, 15) is 31.2 Å². The smallest absolute Gasteiger partial charge is 0.354 e. The molecule has 1 unspecified atom stereocenters. The van der Waals surface area contributed by atoms with Gasteiger partial charge in [-0.2, -0.15) is 13.2 Å². The van der Waals surface area contributed by atoms with Crippen LogP contribution in [0.4, 0.5) is 18.9 Å². The number of nitrogens with one attached hydrogen (secondary N) is 1. The third-order valence-corrected chi connectivity index (χ3v) is 10.3. The maximum atomic E-state index is 14.5. The van der Waals surface area contributed by atoms with Crippen molar-refractivity contribution >= 4 is 62.3 Å². The number of nitrogens with zero attached hydrogens (tertiary/aromatic N) is 2. The SMILES string of the molecule is CC(C)CNC(=O)C(Cc1ccccc1)N(Cc1ccc(Cl)c(Cl)c1)C(=O)CN(c1cc(C(F)(F)F)ccc1Cl)S(=O)(=O)c1ccccc1. The molecule has 2 amide bonds. The summed E-state index contributed by atoms with van der Waals surface area (Å²) in [6.45, 7) is 2.86. The molecule has 0 saturated carbocycles. The maximum Gasteiger partial charge on any atom is 0.416 e. The van der Waals surface area contributed by atoms with E-state index in [0.717, 1.165) is 6.07 Å². The molecule has 4 rings (SSSR count). The zero-order valence-corrected chi connectivity index (χ0v) is 29.5. The molecule has 0 saturated heterocycles. The molecule has 1 N–H and O–H groups in total. The molecule has 0 fully saturated rings. The second-order valence-electron chi connectivity index (χ2n) is 11.6. The van der Waals surface area contributed by atoms with Crippen molar-refractivity contribution in [3.05, 3.63) is 129 Å². The van der Waals surface area contributed by atoms with Crippen molar-refractivity contribution in [2.45, 2.75) is 43.9 Å². The van der Waals surface area contributed by atoms with E-state index in [2.05, 4.69) is 5.32 Å². The standard InChI is InChI=1S/C35H33Cl3F3N3O4S/c1-23(2)20-42-34(46)32(18-24-9-5-3-6-10-24)43(21-25-13-15-28(36)30(38)17-25)33(45)22-44(49(47,48)27-11-7-4-8-12-27)31-19-26(35(39,40)41)14-16-29(31)37/h3-17,19,23,32H,18,20-22H2,1-2H3,(H,42,46). The number of hydrogen-bond acceptors (Lipinski definition) is 4. The van der Waals surface area contributed by atoms with Gasteiger partial charge in [-0.1, -0.05) is 103 Å². The van der Waals surface area contributed by atoms with Crippen LogP contribution < -0.4 is 9.62 Å². The Balaban J connectivity index is 1.88. The summed E-state index contributed by atoms with van der Waals surface area (Å²) < 4.78 is 70.3. The summed E-state index contributed by atoms with van der Waals surface area (Å²) in [6, 6.07) is 21.5. The molecule has 0 aliphatic carbocycles. The van der Waals surface area contributed by atoms with Crippen molar-refractivity contribution in [1.29, 1.82) is 0 Å². The summed E-state index contributed by atoms with van der Waals surface area (Å²) in [6.07, 6.45) is -4.81. The van der Waals surface area contributed by atoms with Crippen LogP contribution in [0.1, 0.15) is 30.5 Å². The summed E-state index contributed by atoms with van der Waals surface area (Å²) >= 11 is 18.8. The largest absolute Gasteiger partial charge is 0.416 e. The normalized spacial score (nSPS) is 12.4. The maximum absolute atomic E-state index is 14.5. The summed E-state index contributed by atoms with van der Waals surface area (Å²) in [5, 5.41) is 2.95. The van der Waals surface area contributed by atoms with Gasteiger partial charge in [0.2, 0.25) is 11.8 Å². The van der Waals surface area contributed by atoms with Crippen LogP contribution >= 0.6 is 34.8 Å². The van der Waals surface area contributed by atoms with Crippen molar-refractivity contribution in [3.8, 4) is 0 Å². The topological polar surface area (TPSA) is 86.8 Å². The third kappa shape index (κ3) is 9.91. The van der Waals surface area contributed by atoms with Crippen LogP contribution in [0, 0.1) is 5.92 Å². The third-order valence-electron chi connectivity index (χ3n) is 7.44. The summed E-state index contributed by atoms with van der Waals surface area (Å²) in [5.74, 6) is -1.34. The summed E-state index contributed by atoms with van der Waals surface area (Å²) in [5.41, 5.74) is -0.566. The van der Waals surface area contributed by atoms with Gasteiger partial charge in [-0.25, -0.2) is 8.42 Å². The van der Waals surface area contributed by atoms with Crippen LogP contribution in [0.25, 0.3) is 0 Å². The zero-order valence-electron chi connectivity index (χ0n) is 26.4. The van der Waals surface area contributed by atoms with E-state index in [0.29, 0.717) is 27.6 Å². The lowest BCUT2D eigenvalue weighted by atomic mass is 10.0. The van der Waals surface area contributed by atoms with E-state index in [1.165, 1.54) is 41.3 Å². The molecular formula is C35H33Cl3F3N3O4S. The van der Waals surface area contributed by atoms with Crippen LogP contribution in [-0.2, 0) is 38.8 Å². The highest BCUT2D eigenvalue weighted by atomic mass is 35.5. The van der Waals surface area contributed by atoms with Gasteiger partial charge >= 0.3 is 6.18 Å². The lowest BCUT2D eigenvalue weighted by Crippen LogP contribution is -2.53. The van der Waals surface area contributed by atoms with Crippen LogP contribution in [0.3, 0.4) is 0 Å². The van der Waals surface area contributed by atoms with Gasteiger partial charge in [0.25, 0.3) is 10.0 Å². The van der Waals surface area contributed by atoms with Crippen molar-refractivity contribution in [1.82, 2.24) is 10.2 Å². The van der Waals surface area contributed by atoms with E-state index in [4.69, 9.17) is 34.8 Å². The fourth-order valence-electron chi connectivity index (χ4n) is 4.92. The van der Waals surface area contributed by atoms with Crippen molar-refractivity contribution in [2.24, 2.45) is 5.92 Å². The number of carbonyl (C=O) groups is 2. The minimum absolute atomic E-state index is 0.0353. The lowest BCUT2D eigenvalue weighted by molar-refractivity contribution is -0.140. The predicted octanol–water partition coefficient (Wildman–Crippen LogP) is 8.27. The molecule has 0 heterocycles. The molecule has 7 nitrogen and oxygen atoms in total. The van der Waals surface area contributed by atoms with Gasteiger partial charge in [-0.3, -0.25) is 13.9 Å². The number of rotatable bonds is 13. The average molecular weight is 755 g/mol. The average Bonchev–Trinajstić information content (AvgIpc) is 3.06. The van der Waals surface area contributed by atoms with Gasteiger partial charge in [-0.15, -0.1) is 0 Å². The van der Waals surface area contributed by atoms with Crippen molar-refractivity contribution < 1.29 is 31.2 Å². The number of halogens is 6. The molecule has 4 aromatic rings. The fourth-order valence-corrected chi connectivity index (χ4v) is 6.96. The highest BCUT2D eigenvalue weighted by Crippen LogP contribution is 2.37. The van der Waals surface area contributed by atoms with Crippen molar-refractivity contribution in [3.63, 3.8) is 0 Å². The summed E-state index contributed by atoms with van der Waals surface area (Å²) in [4.78, 5) is 29.3. The van der Waals surface area contributed by atoms with Gasteiger partial charge in [0.15, 0.2) is 0 Å². The molecule has 0 bridgehead atoms. The van der Waals surface area contributed by atoms with E-state index in [1.54, 1.807) is 42.5 Å². The Labute approximate surface area is 298 Å². The molecule has 14 heteroatoms. The molecular weight excluding hydrogens is 722 g/mol. The number of alkyl halides is 3. The minimum Gasteiger partial charge on any atom is -0.354 e. The summed E-state index contributed by atoms with van der Waals surface area (Å²) in [7, 11) is -4.68. The highest BCUT2D eigenvalue weighted by Gasteiger charge is 2.37. The van der Waals surface area contributed by atoms with Gasteiger partial charge in [-0.05, 0) is 59.5 Å². The Morgan fingerprint density at radius 2 is 1.41 bits per heavy atom. The van der Waals surface area contributed by atoms with Gasteiger partial charge in [0.1, 0.15) is 12.6 Å². The Morgan fingerprint density at radius 1 is 0.796 bits per heavy atom. The fraction of sp³-hybridized carbons (Fsp3) is 0.257. The van der Waals surface area contributed by atoms with Gasteiger partial charge < -0.3 is 10.2 Å². The van der Waals surface area contributed by atoms with Crippen LogP contribution in [0.15, 0.2) is 102 Å². The lowest BCUT2D eigenvalue weighted by Gasteiger charge is -2.34. The minimum atomic E-state index is -4.85. The Kier molecular flexibility index (Phi) is 12.6. The Hall–Kier alpha value is -3.77. The number of amides is 2. The van der Waals surface area contributed by atoms with Gasteiger partial charge in [0, 0.05) is 19.5 Å². The Morgan fingerprint density at radius 3 is 2.00 bits per heavy atom. The molecule has 4 aromatic carbocycles. The zero-order chi connectivity index (χ0) is 35.9. The molecule has 49 heavy (non-hydrogen) atoms. The second-order valence-corrected chi connectivity index (χ2v) is 14.7. The number of benzene rings is 4. The number of sulfonamides is 1. The van der Waals surface area contributed by atoms with E-state index in [-0.39, 0.29) is 45.4 Å². The number of carbonyl (C=O) groups excluding carboxylic acids is 2.